The topological polar surface area (TPSA) is 95.8 Å². The van der Waals surface area contributed by atoms with Crippen molar-refractivity contribution in [1.82, 2.24) is 0 Å². The fourth-order valence-electron chi connectivity index (χ4n) is 2.57. The van der Waals surface area contributed by atoms with Crippen LogP contribution in [0.5, 0.6) is 0 Å². The molecule has 2 N–H and O–H groups in total. The fraction of sp³-hybridized carbons (Fsp3) is 0.833. The van der Waals surface area contributed by atoms with E-state index in [9.17, 15) is 10.00 Å². The Morgan fingerprint density at radius 1 is 1.36 bits per heavy atom. The lowest BCUT2D eigenvalue weighted by Gasteiger charge is -2.23. The highest BCUT2D eigenvalue weighted by atomic mass is 32.5. The molecule has 2 rings (SSSR count). The molecule has 0 amide bonds. The van der Waals surface area contributed by atoms with Gasteiger partial charge in [-0.1, -0.05) is 0 Å². The molecule has 0 aliphatic carbocycles. The first-order valence-corrected chi connectivity index (χ1v) is 10.1. The van der Waals surface area contributed by atoms with Crippen LogP contribution in [0.4, 0.5) is 0 Å². The SMILES string of the molecule is [B][B][C@H]1C[C@@H](OC)[C@@H](COP(O)(=S)OC2=C(O)C([B])OC2COC)O1. The second-order valence-corrected chi connectivity index (χ2v) is 8.28. The minimum atomic E-state index is -3.74. The molecule has 0 aromatic heterocycles. The molecule has 5 radical (unpaired) electrons. The van der Waals surface area contributed by atoms with Crippen LogP contribution in [0.15, 0.2) is 11.5 Å². The van der Waals surface area contributed by atoms with Gasteiger partial charge in [0.25, 0.3) is 0 Å². The van der Waals surface area contributed by atoms with Gasteiger partial charge in [-0.25, -0.2) is 0 Å². The van der Waals surface area contributed by atoms with E-state index in [-0.39, 0.29) is 36.8 Å². The van der Waals surface area contributed by atoms with E-state index >= 15 is 0 Å². The Hall–Kier alpha value is -0.0552. The van der Waals surface area contributed by atoms with Crippen LogP contribution in [-0.4, -0.2) is 90.5 Å². The number of methoxy groups -OCH3 is 2. The largest absolute Gasteiger partial charge is 0.507 e. The van der Waals surface area contributed by atoms with E-state index in [1.54, 1.807) is 7.11 Å². The molecule has 3 unspecified atom stereocenters. The number of aliphatic hydroxyl groups is 1. The molecule has 2 heterocycles. The summed E-state index contributed by atoms with van der Waals surface area (Å²) in [5.74, 6) is -0.456. The zero-order chi connectivity index (χ0) is 18.6. The molecule has 0 aromatic rings. The molecular formula is C12H19B3O8PS. The van der Waals surface area contributed by atoms with E-state index in [1.807, 2.05) is 0 Å². The van der Waals surface area contributed by atoms with E-state index in [0.29, 0.717) is 6.42 Å². The summed E-state index contributed by atoms with van der Waals surface area (Å²) >= 11 is 4.99. The Labute approximate surface area is 155 Å². The van der Waals surface area contributed by atoms with Gasteiger partial charge in [0.15, 0.2) is 11.5 Å². The molecule has 1 saturated heterocycles. The van der Waals surface area contributed by atoms with Gasteiger partial charge in [-0.2, -0.15) is 0 Å². The van der Waals surface area contributed by atoms with E-state index in [1.165, 1.54) is 14.3 Å². The maximum absolute atomic E-state index is 10.3. The predicted octanol–water partition coefficient (Wildman–Crippen LogP) is -0.536. The Bertz CT molecular complexity index is 538. The molecule has 0 aromatic carbocycles. The highest BCUT2D eigenvalue weighted by Crippen LogP contribution is 2.49. The van der Waals surface area contributed by atoms with Crippen LogP contribution in [-0.2, 0) is 39.8 Å². The molecule has 6 atom stereocenters. The Morgan fingerprint density at radius 3 is 2.68 bits per heavy atom. The van der Waals surface area contributed by atoms with Crippen LogP contribution in [0.3, 0.4) is 0 Å². The third-order valence-corrected chi connectivity index (χ3v) is 5.25. The predicted molar refractivity (Wildman–Crippen MR) is 95.1 cm³/mol. The lowest BCUT2D eigenvalue weighted by atomic mass is 9.51. The number of hydrogen-bond donors (Lipinski definition) is 2. The first kappa shape index (κ1) is 21.2. The van der Waals surface area contributed by atoms with Crippen molar-refractivity contribution >= 4 is 41.3 Å². The summed E-state index contributed by atoms with van der Waals surface area (Å²) in [6.07, 6.45) is -0.936. The van der Waals surface area contributed by atoms with Gasteiger partial charge in [-0.3, -0.25) is 4.52 Å². The van der Waals surface area contributed by atoms with E-state index in [2.05, 4.69) is 0 Å². The van der Waals surface area contributed by atoms with E-state index in [0.717, 1.165) is 0 Å². The van der Waals surface area contributed by atoms with Gasteiger partial charge in [-0.15, -0.1) is 0 Å². The van der Waals surface area contributed by atoms with Crippen molar-refractivity contribution in [3.05, 3.63) is 11.5 Å². The summed E-state index contributed by atoms with van der Waals surface area (Å²) in [5, 5.41) is 9.94. The van der Waals surface area contributed by atoms with Gasteiger partial charge in [0.05, 0.1) is 32.5 Å². The molecule has 0 spiro atoms. The maximum Gasteiger partial charge on any atom is 0.377 e. The van der Waals surface area contributed by atoms with Crippen molar-refractivity contribution in [2.24, 2.45) is 0 Å². The lowest BCUT2D eigenvalue weighted by Crippen LogP contribution is -2.28. The van der Waals surface area contributed by atoms with Crippen LogP contribution in [0.1, 0.15) is 6.42 Å². The zero-order valence-corrected chi connectivity index (χ0v) is 15.7. The lowest BCUT2D eigenvalue weighted by molar-refractivity contribution is -0.0194. The standard InChI is InChI=1S/C12H19B3O8PS/c1-18-4-8-11(10(16)12(13)22-8)23-24(17,25)20-5-7-6(19-2)3-9(15-14)21-7/h6-9,12,16H,3-5H2,1-2H3,(H,17,25)/t6-,7-,8?,9-,12?,24?/m1/s1. The van der Waals surface area contributed by atoms with Gasteiger partial charge >= 0.3 is 6.72 Å². The smallest absolute Gasteiger partial charge is 0.377 e. The van der Waals surface area contributed by atoms with Crippen LogP contribution < -0.4 is 0 Å². The maximum atomic E-state index is 10.3. The highest BCUT2D eigenvalue weighted by Gasteiger charge is 2.39. The van der Waals surface area contributed by atoms with Gasteiger partial charge < -0.3 is 33.5 Å². The molecule has 2 aliphatic rings. The van der Waals surface area contributed by atoms with Crippen molar-refractivity contribution in [2.75, 3.05) is 27.4 Å². The molecule has 135 valence electrons. The molecule has 1 fully saturated rings. The molecule has 13 heteroatoms. The van der Waals surface area contributed by atoms with Gasteiger partial charge in [0, 0.05) is 39.8 Å². The fourth-order valence-corrected chi connectivity index (χ4v) is 3.84. The first-order valence-electron chi connectivity index (χ1n) is 7.54. The van der Waals surface area contributed by atoms with E-state index < -0.39 is 24.9 Å². The third kappa shape index (κ3) is 5.46. The molecule has 0 saturated carbocycles. The molecular weight excluding hydrogens is 368 g/mol. The van der Waals surface area contributed by atoms with Crippen LogP contribution in [0.2, 0.25) is 0 Å². The van der Waals surface area contributed by atoms with Gasteiger partial charge in [0.2, 0.25) is 0 Å². The summed E-state index contributed by atoms with van der Waals surface area (Å²) in [6.45, 7) is -3.74. The Balaban J connectivity index is 1.96. The molecule has 0 bridgehead atoms. The van der Waals surface area contributed by atoms with Crippen molar-refractivity contribution in [3.8, 4) is 0 Å². The molecule has 8 nitrogen and oxygen atoms in total. The summed E-state index contributed by atoms with van der Waals surface area (Å²) in [7, 11) is 15.5. The second kappa shape index (κ2) is 9.24. The average molecular weight is 387 g/mol. The van der Waals surface area contributed by atoms with Crippen LogP contribution in [0.25, 0.3) is 0 Å². The van der Waals surface area contributed by atoms with Crippen molar-refractivity contribution in [3.63, 3.8) is 0 Å². The van der Waals surface area contributed by atoms with Gasteiger partial charge in [0.1, 0.15) is 20.1 Å². The van der Waals surface area contributed by atoms with E-state index in [4.69, 9.17) is 55.4 Å². The Morgan fingerprint density at radius 2 is 2.08 bits per heavy atom. The number of hydrogen-bond acceptors (Lipinski definition) is 8. The van der Waals surface area contributed by atoms with Crippen LogP contribution in [0, 0.1) is 0 Å². The minimum Gasteiger partial charge on any atom is -0.507 e. The monoisotopic (exact) mass is 387 g/mol. The van der Waals surface area contributed by atoms with Crippen molar-refractivity contribution < 1.29 is 38.0 Å². The normalized spacial score (nSPS) is 34.9. The average Bonchev–Trinajstić information content (AvgIpc) is 3.09. The number of aliphatic hydroxyl groups excluding tert-OH is 1. The summed E-state index contributed by atoms with van der Waals surface area (Å²) in [6, 6.07) is -1.35. The molecule has 2 aliphatic heterocycles. The summed E-state index contributed by atoms with van der Waals surface area (Å²) in [4.78, 5) is 10.3. The quantitative estimate of drug-likeness (QED) is 0.400. The Kier molecular flexibility index (Phi) is 7.85. The molecule has 25 heavy (non-hydrogen) atoms. The third-order valence-electron chi connectivity index (χ3n) is 3.81. The summed E-state index contributed by atoms with van der Waals surface area (Å²) < 4.78 is 31.8. The van der Waals surface area contributed by atoms with Crippen LogP contribution >= 0.6 is 6.72 Å². The first-order chi connectivity index (χ1) is 11.8. The van der Waals surface area contributed by atoms with Crippen molar-refractivity contribution in [1.29, 1.82) is 0 Å². The zero-order valence-electron chi connectivity index (χ0n) is 13.9. The summed E-state index contributed by atoms with van der Waals surface area (Å²) in [5.41, 5.74) is 0. The minimum absolute atomic E-state index is 0.0630. The highest BCUT2D eigenvalue weighted by molar-refractivity contribution is 8.07. The number of rotatable bonds is 9. The second-order valence-electron chi connectivity index (χ2n) is 5.52. The van der Waals surface area contributed by atoms with Crippen molar-refractivity contribution in [2.45, 2.75) is 36.7 Å². The number of ether oxygens (including phenoxy) is 4. The van der Waals surface area contributed by atoms with Gasteiger partial charge in [-0.05, 0) is 6.42 Å².